The first-order valence-corrected chi connectivity index (χ1v) is 5.74. The Morgan fingerprint density at radius 1 is 1.61 bits per heavy atom. The fourth-order valence-corrected chi connectivity index (χ4v) is 1.53. The summed E-state index contributed by atoms with van der Waals surface area (Å²) < 4.78 is 1.38. The number of rotatable bonds is 5. The molecule has 0 saturated heterocycles. The summed E-state index contributed by atoms with van der Waals surface area (Å²) in [6.07, 6.45) is 2.35. The highest BCUT2D eigenvalue weighted by molar-refractivity contribution is 5.84. The molecule has 1 aliphatic rings. The molecule has 2 atom stereocenters. The fraction of sp³-hybridized carbons (Fsp3) is 0.600. The van der Waals surface area contributed by atoms with Gasteiger partial charge in [-0.05, 0) is 12.3 Å². The van der Waals surface area contributed by atoms with Crippen molar-refractivity contribution in [1.29, 1.82) is 0 Å². The molecule has 2 amide bonds. The van der Waals surface area contributed by atoms with Crippen molar-refractivity contribution in [3.8, 4) is 0 Å². The summed E-state index contributed by atoms with van der Waals surface area (Å²) in [6, 6.07) is 0.0814. The lowest BCUT2D eigenvalue weighted by molar-refractivity contribution is 0.0690. The number of carboxylic acid groups (broad SMARTS) is 1. The minimum absolute atomic E-state index is 0.105. The van der Waals surface area contributed by atoms with Gasteiger partial charge < -0.3 is 15.7 Å². The maximum atomic E-state index is 11.4. The molecular formula is C10H15N5O3. The lowest BCUT2D eigenvalue weighted by Gasteiger charge is -2.06. The molecule has 18 heavy (non-hydrogen) atoms. The maximum absolute atomic E-state index is 11.4. The van der Waals surface area contributed by atoms with Gasteiger partial charge in [0.05, 0.1) is 12.7 Å². The molecule has 1 fully saturated rings. The topological polar surface area (TPSA) is 109 Å². The Balaban J connectivity index is 1.67. The first kappa shape index (κ1) is 12.3. The Kier molecular flexibility index (Phi) is 3.45. The van der Waals surface area contributed by atoms with Gasteiger partial charge in [0, 0.05) is 12.6 Å². The van der Waals surface area contributed by atoms with E-state index in [1.54, 1.807) is 0 Å². The molecule has 0 bridgehead atoms. The second-order valence-corrected chi connectivity index (χ2v) is 4.39. The first-order valence-electron chi connectivity index (χ1n) is 5.74. The largest absolute Gasteiger partial charge is 0.476 e. The summed E-state index contributed by atoms with van der Waals surface area (Å²) in [5, 5.41) is 21.2. The van der Waals surface area contributed by atoms with Gasteiger partial charge in [-0.25, -0.2) is 14.3 Å². The van der Waals surface area contributed by atoms with Crippen LogP contribution in [-0.4, -0.2) is 44.7 Å². The van der Waals surface area contributed by atoms with Gasteiger partial charge in [-0.3, -0.25) is 0 Å². The van der Waals surface area contributed by atoms with Crippen molar-refractivity contribution in [3.63, 3.8) is 0 Å². The summed E-state index contributed by atoms with van der Waals surface area (Å²) in [7, 11) is 0. The molecule has 0 aromatic carbocycles. The number of amides is 2. The average Bonchev–Trinajstić information content (AvgIpc) is 2.80. The zero-order valence-electron chi connectivity index (χ0n) is 9.96. The standard InChI is InChI=1S/C10H15N5O3/c1-6-4-7(6)12-10(18)11-2-3-15-5-8(9(16)17)13-14-15/h5-7H,2-4H2,1H3,(H,16,17)(H2,11,12,18). The number of carboxylic acids is 1. The third-order valence-electron chi connectivity index (χ3n) is 2.81. The SMILES string of the molecule is CC1CC1NC(=O)NCCn1cc(C(=O)O)nn1. The molecule has 8 nitrogen and oxygen atoms in total. The van der Waals surface area contributed by atoms with Gasteiger partial charge in [-0.1, -0.05) is 12.1 Å². The molecule has 3 N–H and O–H groups in total. The number of nitrogens with one attached hydrogen (secondary N) is 2. The number of aromatic carboxylic acids is 1. The zero-order chi connectivity index (χ0) is 13.1. The van der Waals surface area contributed by atoms with E-state index in [-0.39, 0.29) is 17.8 Å². The first-order chi connectivity index (χ1) is 8.56. The van der Waals surface area contributed by atoms with E-state index in [1.807, 2.05) is 0 Å². The predicted molar refractivity (Wildman–Crippen MR) is 61.1 cm³/mol. The molecule has 2 rings (SSSR count). The number of urea groups is 1. The van der Waals surface area contributed by atoms with Gasteiger partial charge in [0.15, 0.2) is 5.69 Å². The van der Waals surface area contributed by atoms with E-state index in [9.17, 15) is 9.59 Å². The van der Waals surface area contributed by atoms with Crippen LogP contribution in [0.3, 0.4) is 0 Å². The van der Waals surface area contributed by atoms with Gasteiger partial charge >= 0.3 is 12.0 Å². The quantitative estimate of drug-likeness (QED) is 0.666. The maximum Gasteiger partial charge on any atom is 0.358 e. The smallest absolute Gasteiger partial charge is 0.358 e. The Hall–Kier alpha value is -2.12. The van der Waals surface area contributed by atoms with E-state index in [1.165, 1.54) is 10.9 Å². The second-order valence-electron chi connectivity index (χ2n) is 4.39. The van der Waals surface area contributed by atoms with E-state index in [0.29, 0.717) is 19.0 Å². The normalized spacial score (nSPS) is 21.4. The molecule has 1 aromatic heterocycles. The van der Waals surface area contributed by atoms with Crippen LogP contribution in [0.2, 0.25) is 0 Å². The van der Waals surface area contributed by atoms with E-state index in [4.69, 9.17) is 5.11 Å². The average molecular weight is 253 g/mol. The van der Waals surface area contributed by atoms with Crippen molar-refractivity contribution in [2.45, 2.75) is 25.9 Å². The number of hydrogen-bond donors (Lipinski definition) is 3. The van der Waals surface area contributed by atoms with Gasteiger partial charge in [-0.15, -0.1) is 5.10 Å². The number of nitrogens with zero attached hydrogens (tertiary/aromatic N) is 3. The number of carbonyl (C=O) groups is 2. The third-order valence-corrected chi connectivity index (χ3v) is 2.81. The van der Waals surface area contributed by atoms with Crippen LogP contribution in [0.1, 0.15) is 23.8 Å². The van der Waals surface area contributed by atoms with Gasteiger partial charge in [-0.2, -0.15) is 0 Å². The van der Waals surface area contributed by atoms with E-state index in [2.05, 4.69) is 27.9 Å². The molecule has 1 aliphatic carbocycles. The molecule has 1 heterocycles. The van der Waals surface area contributed by atoms with E-state index < -0.39 is 5.97 Å². The van der Waals surface area contributed by atoms with Crippen molar-refractivity contribution in [1.82, 2.24) is 25.6 Å². The summed E-state index contributed by atoms with van der Waals surface area (Å²) in [4.78, 5) is 21.9. The molecule has 0 radical (unpaired) electrons. The van der Waals surface area contributed by atoms with Crippen molar-refractivity contribution < 1.29 is 14.7 Å². The Bertz CT molecular complexity index is 458. The monoisotopic (exact) mass is 253 g/mol. The zero-order valence-corrected chi connectivity index (χ0v) is 9.96. The lowest BCUT2D eigenvalue weighted by Crippen LogP contribution is -2.38. The van der Waals surface area contributed by atoms with E-state index in [0.717, 1.165) is 6.42 Å². The Labute approximate surface area is 103 Å². The van der Waals surface area contributed by atoms with Crippen molar-refractivity contribution >= 4 is 12.0 Å². The minimum Gasteiger partial charge on any atom is -0.476 e. The molecule has 1 aromatic rings. The van der Waals surface area contributed by atoms with Gasteiger partial charge in [0.25, 0.3) is 0 Å². The fourth-order valence-electron chi connectivity index (χ4n) is 1.53. The molecule has 2 unspecified atom stereocenters. The molecular weight excluding hydrogens is 238 g/mol. The third kappa shape index (κ3) is 3.19. The van der Waals surface area contributed by atoms with Gasteiger partial charge in [0.2, 0.25) is 0 Å². The minimum atomic E-state index is -1.12. The van der Waals surface area contributed by atoms with Gasteiger partial charge in [0.1, 0.15) is 0 Å². The van der Waals surface area contributed by atoms with Crippen molar-refractivity contribution in [2.75, 3.05) is 6.54 Å². The van der Waals surface area contributed by atoms with Crippen LogP contribution in [-0.2, 0) is 6.54 Å². The van der Waals surface area contributed by atoms with Crippen LogP contribution < -0.4 is 10.6 Å². The predicted octanol–water partition coefficient (Wildman–Crippen LogP) is -0.316. The number of carbonyl (C=O) groups excluding carboxylic acids is 1. The summed E-state index contributed by atoms with van der Waals surface area (Å²) in [5.74, 6) is -0.557. The number of hydrogen-bond acceptors (Lipinski definition) is 4. The van der Waals surface area contributed by atoms with Crippen LogP contribution in [0.15, 0.2) is 6.20 Å². The van der Waals surface area contributed by atoms with Crippen LogP contribution in [0.5, 0.6) is 0 Å². The van der Waals surface area contributed by atoms with E-state index >= 15 is 0 Å². The highest BCUT2D eigenvalue weighted by Gasteiger charge is 2.33. The van der Waals surface area contributed by atoms with Crippen LogP contribution >= 0.6 is 0 Å². The molecule has 1 saturated carbocycles. The Morgan fingerprint density at radius 2 is 2.33 bits per heavy atom. The summed E-state index contributed by atoms with van der Waals surface area (Å²) in [5.41, 5.74) is -0.105. The van der Waals surface area contributed by atoms with Crippen LogP contribution in [0.25, 0.3) is 0 Å². The lowest BCUT2D eigenvalue weighted by atomic mass is 10.5. The second kappa shape index (κ2) is 5.03. The van der Waals surface area contributed by atoms with Crippen molar-refractivity contribution in [2.24, 2.45) is 5.92 Å². The molecule has 0 aliphatic heterocycles. The molecule has 0 spiro atoms. The highest BCUT2D eigenvalue weighted by atomic mass is 16.4. The molecule has 8 heteroatoms. The molecule has 98 valence electrons. The highest BCUT2D eigenvalue weighted by Crippen LogP contribution is 2.28. The van der Waals surface area contributed by atoms with Crippen LogP contribution in [0, 0.1) is 5.92 Å². The van der Waals surface area contributed by atoms with Crippen molar-refractivity contribution in [3.05, 3.63) is 11.9 Å². The Morgan fingerprint density at radius 3 is 2.89 bits per heavy atom. The summed E-state index contributed by atoms with van der Waals surface area (Å²) >= 11 is 0. The van der Waals surface area contributed by atoms with Crippen LogP contribution in [0.4, 0.5) is 4.79 Å². The summed E-state index contributed by atoms with van der Waals surface area (Å²) in [6.45, 7) is 2.83. The number of aromatic nitrogens is 3.